The molecule has 0 fully saturated rings. The molecule has 0 heterocycles. The molecule has 1 aromatic carbocycles. The number of benzene rings is 1. The van der Waals surface area contributed by atoms with Crippen LogP contribution in [-0.2, 0) is 9.36 Å². The molecule has 2 atom stereocenters. The topological polar surface area (TPSA) is 133 Å². The highest BCUT2D eigenvalue weighted by Gasteiger charge is 2.28. The largest absolute Gasteiger partial charge is 0.386 e. The minimum absolute atomic E-state index is 0.430. The maximum atomic E-state index is 11.2. The highest BCUT2D eigenvalue weighted by atomic mass is 31.2. The number of carbonyl (C=O) groups is 1. The number of rotatable bonds is 6. The van der Waals surface area contributed by atoms with Gasteiger partial charge in [0.25, 0.3) is 0 Å². The molecule has 0 radical (unpaired) electrons. The number of aliphatic hydroxyl groups is 1. The third-order valence-electron chi connectivity index (χ3n) is 2.28. The molecule has 0 bridgehead atoms. The molecule has 1 rings (SSSR count). The predicted molar refractivity (Wildman–Crippen MR) is 64.4 cm³/mol. The molecule has 7 nitrogen and oxygen atoms in total. The normalized spacial score (nSPS) is 15.1. The van der Waals surface area contributed by atoms with Gasteiger partial charge in [0.1, 0.15) is 12.1 Å². The molecule has 6 N–H and O–H groups in total. The third kappa shape index (κ3) is 4.56. The van der Waals surface area contributed by atoms with E-state index in [9.17, 15) is 14.5 Å². The van der Waals surface area contributed by atoms with Crippen LogP contribution in [-0.4, -0.2) is 33.1 Å². The van der Waals surface area contributed by atoms with Crippen molar-refractivity contribution in [1.82, 2.24) is 5.32 Å². The van der Waals surface area contributed by atoms with Gasteiger partial charge in [0, 0.05) is 0 Å². The number of carbonyl (C=O) groups excluding carboxylic acids is 1. The Morgan fingerprint density at radius 1 is 1.33 bits per heavy atom. The van der Waals surface area contributed by atoms with Crippen molar-refractivity contribution >= 4 is 13.5 Å². The molecule has 0 aromatic heterocycles. The molecule has 8 heteroatoms. The maximum absolute atomic E-state index is 11.2. The Hall–Kier alpha value is -1.24. The third-order valence-corrected chi connectivity index (χ3v) is 2.88. The molecule has 100 valence electrons. The lowest BCUT2D eigenvalue weighted by atomic mass is 10.0. The first-order valence-corrected chi connectivity index (χ1v) is 6.91. The van der Waals surface area contributed by atoms with E-state index in [1.807, 2.05) is 0 Å². The van der Waals surface area contributed by atoms with E-state index in [0.29, 0.717) is 5.56 Å². The quantitative estimate of drug-likeness (QED) is 0.436. The minimum atomic E-state index is -4.32. The van der Waals surface area contributed by atoms with Gasteiger partial charge in [-0.2, -0.15) is 0 Å². The van der Waals surface area contributed by atoms with Gasteiger partial charge >= 0.3 is 7.60 Å². The number of hydrogen-bond donors (Lipinski definition) is 5. The highest BCUT2D eigenvalue weighted by Crippen LogP contribution is 2.32. The first kappa shape index (κ1) is 14.8. The van der Waals surface area contributed by atoms with Gasteiger partial charge in [-0.25, -0.2) is 0 Å². The van der Waals surface area contributed by atoms with Gasteiger partial charge in [-0.3, -0.25) is 14.7 Å². The number of aliphatic hydroxyl groups excluding tert-OH is 1. The predicted octanol–water partition coefficient (Wildman–Crippen LogP) is -0.701. The molecule has 0 saturated heterocycles. The van der Waals surface area contributed by atoms with Crippen molar-refractivity contribution in [3.8, 4) is 0 Å². The first-order chi connectivity index (χ1) is 8.31. The number of primary amides is 1. The molecule has 1 amide bonds. The second-order valence-corrected chi connectivity index (χ2v) is 5.41. The van der Waals surface area contributed by atoms with E-state index in [4.69, 9.17) is 15.5 Å². The van der Waals surface area contributed by atoms with Gasteiger partial charge in [-0.15, -0.1) is 0 Å². The van der Waals surface area contributed by atoms with Crippen molar-refractivity contribution in [1.29, 1.82) is 0 Å². The van der Waals surface area contributed by atoms with Crippen molar-refractivity contribution in [2.24, 2.45) is 5.73 Å². The average molecular weight is 274 g/mol. The monoisotopic (exact) mass is 274 g/mol. The summed E-state index contributed by atoms with van der Waals surface area (Å²) in [6.45, 7) is 0. The van der Waals surface area contributed by atoms with E-state index in [1.165, 1.54) is 0 Å². The zero-order chi connectivity index (χ0) is 13.8. The summed E-state index contributed by atoms with van der Waals surface area (Å²) in [6.07, 6.45) is -2.00. The van der Waals surface area contributed by atoms with Gasteiger partial charge in [0.05, 0.1) is 6.29 Å². The van der Waals surface area contributed by atoms with Crippen LogP contribution in [0.2, 0.25) is 0 Å². The molecule has 0 spiro atoms. The Morgan fingerprint density at radius 2 is 1.89 bits per heavy atom. The Morgan fingerprint density at radius 3 is 2.33 bits per heavy atom. The molecular formula is C10H15N2O5P. The van der Waals surface area contributed by atoms with E-state index in [0.717, 1.165) is 0 Å². The standard InChI is InChI=1S/C10H15N2O5P/c11-10(14)8(12-6-18(15,16)17)9(13)7-4-2-1-3-5-7/h1-5,8-9,12-13H,6H2,(H2,11,14)(H2,15,16,17)/t8-,9?/m0/s1. The summed E-state index contributed by atoms with van der Waals surface area (Å²) in [7, 11) is -4.32. The van der Waals surface area contributed by atoms with Crippen LogP contribution < -0.4 is 11.1 Å². The van der Waals surface area contributed by atoms with Crippen LogP contribution in [0, 0.1) is 0 Å². The van der Waals surface area contributed by atoms with Crippen molar-refractivity contribution in [2.75, 3.05) is 6.29 Å². The van der Waals surface area contributed by atoms with E-state index >= 15 is 0 Å². The van der Waals surface area contributed by atoms with Gasteiger partial charge in [0.2, 0.25) is 5.91 Å². The Kier molecular flexibility index (Phi) is 5.01. The van der Waals surface area contributed by atoms with Gasteiger partial charge in [-0.1, -0.05) is 30.3 Å². The highest BCUT2D eigenvalue weighted by molar-refractivity contribution is 7.51. The fraction of sp³-hybridized carbons (Fsp3) is 0.300. The van der Waals surface area contributed by atoms with E-state index in [1.54, 1.807) is 30.3 Å². The number of amides is 1. The lowest BCUT2D eigenvalue weighted by Gasteiger charge is -2.21. The second-order valence-electron chi connectivity index (χ2n) is 3.76. The van der Waals surface area contributed by atoms with E-state index in [-0.39, 0.29) is 0 Å². The fourth-order valence-electron chi connectivity index (χ4n) is 1.43. The number of nitrogens with one attached hydrogen (secondary N) is 1. The zero-order valence-electron chi connectivity index (χ0n) is 9.43. The zero-order valence-corrected chi connectivity index (χ0v) is 10.3. The molecule has 0 aliphatic carbocycles. The van der Waals surface area contributed by atoms with Gasteiger partial charge in [0.15, 0.2) is 0 Å². The van der Waals surface area contributed by atoms with Crippen LogP contribution in [0.1, 0.15) is 11.7 Å². The molecule has 1 aromatic rings. The van der Waals surface area contributed by atoms with E-state index < -0.39 is 31.9 Å². The van der Waals surface area contributed by atoms with Crippen LogP contribution in [0.5, 0.6) is 0 Å². The summed E-state index contributed by atoms with van der Waals surface area (Å²) in [5.74, 6) is -0.889. The van der Waals surface area contributed by atoms with Crippen LogP contribution in [0.3, 0.4) is 0 Å². The van der Waals surface area contributed by atoms with Crippen LogP contribution >= 0.6 is 7.60 Å². The van der Waals surface area contributed by atoms with Crippen LogP contribution in [0.15, 0.2) is 30.3 Å². The van der Waals surface area contributed by atoms with Gasteiger partial charge < -0.3 is 20.6 Å². The van der Waals surface area contributed by atoms with E-state index in [2.05, 4.69) is 5.32 Å². The molecular weight excluding hydrogens is 259 g/mol. The molecule has 0 aliphatic rings. The molecule has 18 heavy (non-hydrogen) atoms. The summed E-state index contributed by atoms with van der Waals surface area (Å²) >= 11 is 0. The average Bonchev–Trinajstić information content (AvgIpc) is 2.28. The molecule has 0 aliphatic heterocycles. The summed E-state index contributed by atoms with van der Waals surface area (Å²) < 4.78 is 10.7. The summed E-state index contributed by atoms with van der Waals surface area (Å²) in [6, 6.07) is 6.97. The molecule has 0 saturated carbocycles. The second kappa shape index (κ2) is 6.08. The smallest absolute Gasteiger partial charge is 0.339 e. The van der Waals surface area contributed by atoms with Crippen LogP contribution in [0.4, 0.5) is 0 Å². The maximum Gasteiger partial charge on any atom is 0.339 e. The SMILES string of the molecule is NC(=O)[C@@H](NCP(=O)(O)O)C(O)c1ccccc1. The lowest BCUT2D eigenvalue weighted by molar-refractivity contribution is -0.122. The van der Waals surface area contributed by atoms with Crippen LogP contribution in [0.25, 0.3) is 0 Å². The Balaban J connectivity index is 2.79. The van der Waals surface area contributed by atoms with Crippen molar-refractivity contribution in [3.63, 3.8) is 0 Å². The minimum Gasteiger partial charge on any atom is -0.386 e. The van der Waals surface area contributed by atoms with Crippen molar-refractivity contribution in [2.45, 2.75) is 12.1 Å². The Labute approximate surface area is 104 Å². The summed E-state index contributed by atoms with van der Waals surface area (Å²) in [4.78, 5) is 28.6. The first-order valence-electron chi connectivity index (χ1n) is 5.11. The number of hydrogen-bond acceptors (Lipinski definition) is 4. The van der Waals surface area contributed by atoms with Gasteiger partial charge in [-0.05, 0) is 5.56 Å². The fourth-order valence-corrected chi connectivity index (χ4v) is 1.86. The number of nitrogens with two attached hydrogens (primary N) is 1. The Bertz CT molecular complexity index is 447. The molecule has 1 unspecified atom stereocenters. The van der Waals surface area contributed by atoms with Crippen molar-refractivity contribution < 1.29 is 24.3 Å². The lowest BCUT2D eigenvalue weighted by Crippen LogP contribution is -2.45. The summed E-state index contributed by atoms with van der Waals surface area (Å²) in [5, 5.41) is 12.2. The van der Waals surface area contributed by atoms with Crippen molar-refractivity contribution in [3.05, 3.63) is 35.9 Å². The summed E-state index contributed by atoms with van der Waals surface area (Å²) in [5.41, 5.74) is 5.52.